The van der Waals surface area contributed by atoms with Crippen molar-refractivity contribution in [2.45, 2.75) is 18.9 Å². The molecule has 0 saturated heterocycles. The van der Waals surface area contributed by atoms with Gasteiger partial charge in [0, 0.05) is 12.6 Å². The van der Waals surface area contributed by atoms with Gasteiger partial charge in [0.2, 0.25) is 0 Å². The Kier molecular flexibility index (Phi) is 4.93. The maximum absolute atomic E-state index is 12.1. The Hall–Kier alpha value is -1.92. The van der Waals surface area contributed by atoms with Gasteiger partial charge in [0.05, 0.1) is 11.9 Å². The lowest BCUT2D eigenvalue weighted by Crippen LogP contribution is -2.41. The van der Waals surface area contributed by atoms with Gasteiger partial charge < -0.3 is 11.1 Å². The molecule has 1 aromatic heterocycles. The normalized spacial score (nSPS) is 15.1. The number of para-hydroxylation sites is 1. The average molecular weight is 308 g/mol. The Bertz CT molecular complexity index is 596. The van der Waals surface area contributed by atoms with Crippen LogP contribution in [0.1, 0.15) is 23.3 Å². The van der Waals surface area contributed by atoms with E-state index in [1.807, 2.05) is 30.3 Å². The van der Waals surface area contributed by atoms with Gasteiger partial charge in [0.15, 0.2) is 5.69 Å². The van der Waals surface area contributed by atoms with E-state index in [0.717, 1.165) is 18.5 Å². The van der Waals surface area contributed by atoms with E-state index in [1.54, 1.807) is 0 Å². The summed E-state index contributed by atoms with van der Waals surface area (Å²) >= 11 is 0. The molecule has 1 unspecified atom stereocenters. The van der Waals surface area contributed by atoms with Crippen molar-refractivity contribution >= 4 is 18.3 Å². The molecule has 0 bridgehead atoms. The van der Waals surface area contributed by atoms with E-state index in [1.165, 1.54) is 11.0 Å². The van der Waals surface area contributed by atoms with Crippen LogP contribution in [0.5, 0.6) is 0 Å². The predicted octanol–water partition coefficient (Wildman–Crippen LogP) is 1.16. The van der Waals surface area contributed by atoms with E-state index >= 15 is 0 Å². The Morgan fingerprint density at radius 1 is 1.38 bits per heavy atom. The summed E-state index contributed by atoms with van der Waals surface area (Å²) in [5.41, 5.74) is 6.82. The minimum absolute atomic E-state index is 0. The topological polar surface area (TPSA) is 85.8 Å². The Balaban J connectivity index is 0.00000161. The maximum atomic E-state index is 12.1. The highest BCUT2D eigenvalue weighted by Crippen LogP contribution is 2.32. The molecule has 112 valence electrons. The molecule has 1 aliphatic rings. The van der Waals surface area contributed by atoms with E-state index in [4.69, 9.17) is 5.73 Å². The number of benzene rings is 1. The van der Waals surface area contributed by atoms with Gasteiger partial charge in [-0.2, -0.15) is 9.90 Å². The smallest absolute Gasteiger partial charge is 0.273 e. The summed E-state index contributed by atoms with van der Waals surface area (Å²) in [4.78, 5) is 13.6. The van der Waals surface area contributed by atoms with E-state index < -0.39 is 0 Å². The van der Waals surface area contributed by atoms with E-state index in [0.29, 0.717) is 18.2 Å². The average Bonchev–Trinajstić information content (AvgIpc) is 3.21. The number of halogens is 1. The van der Waals surface area contributed by atoms with E-state index in [9.17, 15) is 4.79 Å². The SMILES string of the molecule is Cl.NCC(NC(=O)c1cnn(-c2ccccc2)n1)C1CC1. The zero-order valence-corrected chi connectivity index (χ0v) is 12.3. The Morgan fingerprint density at radius 2 is 2.10 bits per heavy atom. The van der Waals surface area contributed by atoms with Crippen LogP contribution >= 0.6 is 12.4 Å². The third kappa shape index (κ3) is 3.59. The molecule has 1 aliphatic carbocycles. The van der Waals surface area contributed by atoms with Crippen molar-refractivity contribution in [1.82, 2.24) is 20.3 Å². The first kappa shape index (κ1) is 15.5. The Labute approximate surface area is 129 Å². The molecule has 21 heavy (non-hydrogen) atoms. The fraction of sp³-hybridized carbons (Fsp3) is 0.357. The predicted molar refractivity (Wildman–Crippen MR) is 81.6 cm³/mol. The van der Waals surface area contributed by atoms with Crippen LogP contribution in [0.4, 0.5) is 0 Å². The highest BCUT2D eigenvalue weighted by Gasteiger charge is 2.31. The van der Waals surface area contributed by atoms with Gasteiger partial charge >= 0.3 is 0 Å². The minimum atomic E-state index is -0.213. The van der Waals surface area contributed by atoms with Crippen molar-refractivity contribution in [2.75, 3.05) is 6.54 Å². The lowest BCUT2D eigenvalue weighted by Gasteiger charge is -2.14. The molecule has 0 aliphatic heterocycles. The van der Waals surface area contributed by atoms with Crippen LogP contribution in [-0.2, 0) is 0 Å². The van der Waals surface area contributed by atoms with Gasteiger partial charge in [-0.1, -0.05) is 18.2 Å². The van der Waals surface area contributed by atoms with Crippen molar-refractivity contribution in [3.8, 4) is 5.69 Å². The van der Waals surface area contributed by atoms with Crippen LogP contribution in [-0.4, -0.2) is 33.5 Å². The fourth-order valence-electron chi connectivity index (χ4n) is 2.16. The lowest BCUT2D eigenvalue weighted by molar-refractivity contribution is 0.0928. The number of nitrogens with two attached hydrogens (primary N) is 1. The summed E-state index contributed by atoms with van der Waals surface area (Å²) in [6.07, 6.45) is 3.75. The number of hydrogen-bond donors (Lipinski definition) is 2. The highest BCUT2D eigenvalue weighted by atomic mass is 35.5. The fourth-order valence-corrected chi connectivity index (χ4v) is 2.16. The molecule has 1 atom stereocenters. The number of rotatable bonds is 5. The van der Waals surface area contributed by atoms with Crippen molar-refractivity contribution in [1.29, 1.82) is 0 Å². The second-order valence-electron chi connectivity index (χ2n) is 5.01. The Morgan fingerprint density at radius 3 is 2.71 bits per heavy atom. The second-order valence-corrected chi connectivity index (χ2v) is 5.01. The van der Waals surface area contributed by atoms with Crippen molar-refractivity contribution < 1.29 is 4.79 Å². The quantitative estimate of drug-likeness (QED) is 0.868. The molecule has 1 amide bonds. The summed E-state index contributed by atoms with van der Waals surface area (Å²) in [5.74, 6) is 0.308. The number of carbonyl (C=O) groups excluding carboxylic acids is 1. The van der Waals surface area contributed by atoms with Crippen LogP contribution in [0.3, 0.4) is 0 Å². The second kappa shape index (κ2) is 6.69. The summed E-state index contributed by atoms with van der Waals surface area (Å²) in [7, 11) is 0. The standard InChI is InChI=1S/C14H17N5O.ClH/c15-8-12(10-6-7-10)17-14(20)13-9-16-19(18-13)11-4-2-1-3-5-11;/h1-5,9-10,12H,6-8,15H2,(H,17,20);1H. The first-order chi connectivity index (χ1) is 9.78. The number of nitrogens with one attached hydrogen (secondary N) is 1. The number of nitrogens with zero attached hydrogens (tertiary/aromatic N) is 3. The summed E-state index contributed by atoms with van der Waals surface area (Å²) in [5, 5.41) is 11.2. The third-order valence-corrected chi connectivity index (χ3v) is 3.47. The first-order valence-electron chi connectivity index (χ1n) is 6.76. The molecule has 6 nitrogen and oxygen atoms in total. The molecule has 0 radical (unpaired) electrons. The van der Waals surface area contributed by atoms with Gasteiger partial charge in [-0.05, 0) is 30.9 Å². The molecule has 3 rings (SSSR count). The first-order valence-corrected chi connectivity index (χ1v) is 6.76. The van der Waals surface area contributed by atoms with Crippen LogP contribution in [0, 0.1) is 5.92 Å². The number of amides is 1. The molecule has 0 spiro atoms. The van der Waals surface area contributed by atoms with Crippen LogP contribution in [0.15, 0.2) is 36.5 Å². The molecule has 1 saturated carbocycles. The summed E-state index contributed by atoms with van der Waals surface area (Å²) < 4.78 is 0. The maximum Gasteiger partial charge on any atom is 0.273 e. The molecule has 2 aromatic rings. The van der Waals surface area contributed by atoms with E-state index in [-0.39, 0.29) is 24.4 Å². The van der Waals surface area contributed by atoms with Crippen LogP contribution in [0.25, 0.3) is 5.69 Å². The highest BCUT2D eigenvalue weighted by molar-refractivity contribution is 5.92. The van der Waals surface area contributed by atoms with Gasteiger partial charge in [0.1, 0.15) is 0 Å². The zero-order valence-electron chi connectivity index (χ0n) is 11.5. The molecule has 3 N–H and O–H groups in total. The van der Waals surface area contributed by atoms with Crippen molar-refractivity contribution in [2.24, 2.45) is 11.7 Å². The van der Waals surface area contributed by atoms with E-state index in [2.05, 4.69) is 15.5 Å². The monoisotopic (exact) mass is 307 g/mol. The molecule has 1 aromatic carbocycles. The number of hydrogen-bond acceptors (Lipinski definition) is 4. The number of carbonyl (C=O) groups is 1. The van der Waals surface area contributed by atoms with Crippen molar-refractivity contribution in [3.05, 3.63) is 42.2 Å². The molecule has 1 heterocycles. The van der Waals surface area contributed by atoms with Gasteiger partial charge in [-0.25, -0.2) is 0 Å². The molecule has 7 heteroatoms. The zero-order chi connectivity index (χ0) is 13.9. The lowest BCUT2D eigenvalue weighted by atomic mass is 10.2. The van der Waals surface area contributed by atoms with Crippen LogP contribution < -0.4 is 11.1 Å². The summed E-state index contributed by atoms with van der Waals surface area (Å²) in [6.45, 7) is 0.462. The number of aromatic nitrogens is 3. The van der Waals surface area contributed by atoms with Gasteiger partial charge in [-0.3, -0.25) is 4.79 Å². The molecular formula is C14H18ClN5O. The van der Waals surface area contributed by atoms with Crippen molar-refractivity contribution in [3.63, 3.8) is 0 Å². The molecule has 1 fully saturated rings. The van der Waals surface area contributed by atoms with Crippen LogP contribution in [0.2, 0.25) is 0 Å². The minimum Gasteiger partial charge on any atom is -0.346 e. The molecular weight excluding hydrogens is 290 g/mol. The van der Waals surface area contributed by atoms with Gasteiger partial charge in [-0.15, -0.1) is 17.5 Å². The van der Waals surface area contributed by atoms with Gasteiger partial charge in [0.25, 0.3) is 5.91 Å². The summed E-state index contributed by atoms with van der Waals surface area (Å²) in [6, 6.07) is 9.53. The largest absolute Gasteiger partial charge is 0.346 e. The third-order valence-electron chi connectivity index (χ3n) is 3.47.